The van der Waals surface area contributed by atoms with Gasteiger partial charge < -0.3 is 18.9 Å². The number of rotatable bonds is 2. The summed E-state index contributed by atoms with van der Waals surface area (Å²) in [5.74, 6) is 0.0522. The molecule has 0 aliphatic carbocycles. The minimum Gasteiger partial charge on any atom is -0.780 e. The van der Waals surface area contributed by atoms with E-state index in [1.165, 1.54) is 12.1 Å². The number of phosphoric acid groups is 1. The van der Waals surface area contributed by atoms with Crippen LogP contribution in [-0.2, 0) is 9.98 Å². The first kappa shape index (κ1) is 12.2. The van der Waals surface area contributed by atoms with E-state index in [0.29, 0.717) is 0 Å². The topological polar surface area (TPSA) is 72.4 Å². The molecular formula is C10H13O4P-2. The predicted molar refractivity (Wildman–Crippen MR) is 53.4 cm³/mol. The van der Waals surface area contributed by atoms with Crippen LogP contribution in [0.5, 0.6) is 5.75 Å². The quantitative estimate of drug-likeness (QED) is 0.713. The molecule has 0 unspecified atom stereocenters. The van der Waals surface area contributed by atoms with E-state index in [-0.39, 0.29) is 11.2 Å². The van der Waals surface area contributed by atoms with Gasteiger partial charge in [0.2, 0.25) is 0 Å². The van der Waals surface area contributed by atoms with Crippen molar-refractivity contribution in [2.75, 3.05) is 0 Å². The summed E-state index contributed by atoms with van der Waals surface area (Å²) < 4.78 is 14.5. The molecular weight excluding hydrogens is 215 g/mol. The maximum atomic E-state index is 10.3. The third-order valence-electron chi connectivity index (χ3n) is 1.94. The third kappa shape index (κ3) is 4.04. The van der Waals surface area contributed by atoms with Gasteiger partial charge >= 0.3 is 0 Å². The SMILES string of the molecule is CC(C)(C)c1ccc(OP(=O)([O-])[O-])cc1. The Hall–Kier alpha value is -0.830. The highest BCUT2D eigenvalue weighted by atomic mass is 31.2. The summed E-state index contributed by atoms with van der Waals surface area (Å²) in [6.45, 7) is 6.11. The smallest absolute Gasteiger partial charge is 0.124 e. The van der Waals surface area contributed by atoms with Crippen LogP contribution in [0, 0.1) is 0 Å². The molecule has 1 rings (SSSR count). The summed E-state index contributed by atoms with van der Waals surface area (Å²) in [5, 5.41) is 0. The van der Waals surface area contributed by atoms with Crippen LogP contribution in [0.1, 0.15) is 26.3 Å². The van der Waals surface area contributed by atoms with Crippen LogP contribution in [0.2, 0.25) is 0 Å². The zero-order chi connectivity index (χ0) is 11.7. The Morgan fingerprint density at radius 2 is 1.60 bits per heavy atom. The molecule has 0 aliphatic rings. The zero-order valence-corrected chi connectivity index (χ0v) is 9.78. The van der Waals surface area contributed by atoms with E-state index in [4.69, 9.17) is 0 Å². The molecule has 84 valence electrons. The molecule has 5 heteroatoms. The lowest BCUT2D eigenvalue weighted by atomic mass is 9.87. The second kappa shape index (κ2) is 3.97. The second-order valence-electron chi connectivity index (χ2n) is 4.31. The van der Waals surface area contributed by atoms with Crippen molar-refractivity contribution in [3.63, 3.8) is 0 Å². The van der Waals surface area contributed by atoms with Crippen LogP contribution in [0.4, 0.5) is 0 Å². The number of phosphoric ester groups is 1. The van der Waals surface area contributed by atoms with Gasteiger partial charge in [-0.1, -0.05) is 32.9 Å². The van der Waals surface area contributed by atoms with Gasteiger partial charge in [-0.15, -0.1) is 0 Å². The Bertz CT molecular complexity index is 371. The standard InChI is InChI=1S/C10H15O4P/c1-10(2,3)8-4-6-9(7-5-8)14-15(11,12)13/h4-7H,1-3H3,(H2,11,12,13)/p-2. The number of hydrogen-bond donors (Lipinski definition) is 0. The van der Waals surface area contributed by atoms with Crippen LogP contribution < -0.4 is 14.3 Å². The van der Waals surface area contributed by atoms with Gasteiger partial charge in [0.25, 0.3) is 0 Å². The fraction of sp³-hybridized carbons (Fsp3) is 0.400. The summed E-state index contributed by atoms with van der Waals surface area (Å²) in [6, 6.07) is 6.43. The molecule has 0 radical (unpaired) electrons. The Balaban J connectivity index is 2.87. The molecule has 1 aromatic carbocycles. The predicted octanol–water partition coefficient (Wildman–Crippen LogP) is 1.19. The van der Waals surface area contributed by atoms with Gasteiger partial charge in [0, 0.05) is 0 Å². The average molecular weight is 228 g/mol. The van der Waals surface area contributed by atoms with E-state index in [9.17, 15) is 14.4 Å². The van der Waals surface area contributed by atoms with E-state index in [1.54, 1.807) is 12.1 Å². The molecule has 0 atom stereocenters. The van der Waals surface area contributed by atoms with Gasteiger partial charge in [0.15, 0.2) is 0 Å². The molecule has 0 aromatic heterocycles. The molecule has 0 bridgehead atoms. The van der Waals surface area contributed by atoms with Gasteiger partial charge in [0.05, 0.1) is 0 Å². The number of benzene rings is 1. The monoisotopic (exact) mass is 228 g/mol. The van der Waals surface area contributed by atoms with Gasteiger partial charge in [-0.05, 0) is 23.1 Å². The maximum Gasteiger partial charge on any atom is 0.124 e. The Labute approximate surface area is 89.1 Å². The summed E-state index contributed by atoms with van der Waals surface area (Å²) in [6.07, 6.45) is 0. The summed E-state index contributed by atoms with van der Waals surface area (Å²) >= 11 is 0. The summed E-state index contributed by atoms with van der Waals surface area (Å²) in [7, 11) is -4.94. The van der Waals surface area contributed by atoms with E-state index in [1.807, 2.05) is 20.8 Å². The average Bonchev–Trinajstić information content (AvgIpc) is 2.00. The third-order valence-corrected chi connectivity index (χ3v) is 2.37. The van der Waals surface area contributed by atoms with Gasteiger partial charge in [0.1, 0.15) is 13.6 Å². The van der Waals surface area contributed by atoms with E-state index in [2.05, 4.69) is 4.52 Å². The highest BCUT2D eigenvalue weighted by molar-refractivity contribution is 7.43. The van der Waals surface area contributed by atoms with Crippen LogP contribution in [0.15, 0.2) is 24.3 Å². The van der Waals surface area contributed by atoms with Crippen molar-refractivity contribution in [1.82, 2.24) is 0 Å². The molecule has 0 N–H and O–H groups in total. The molecule has 0 heterocycles. The molecule has 0 saturated carbocycles. The van der Waals surface area contributed by atoms with Crippen molar-refractivity contribution in [1.29, 1.82) is 0 Å². The van der Waals surface area contributed by atoms with Crippen LogP contribution in [-0.4, -0.2) is 0 Å². The van der Waals surface area contributed by atoms with Crippen molar-refractivity contribution in [3.8, 4) is 5.75 Å². The minimum atomic E-state index is -4.94. The van der Waals surface area contributed by atoms with E-state index >= 15 is 0 Å². The first-order chi connectivity index (χ1) is 6.68. The fourth-order valence-corrected chi connectivity index (χ4v) is 1.52. The van der Waals surface area contributed by atoms with Crippen molar-refractivity contribution < 1.29 is 18.9 Å². The van der Waals surface area contributed by atoms with Gasteiger partial charge in [-0.25, -0.2) is 0 Å². The van der Waals surface area contributed by atoms with Gasteiger partial charge in [-0.3, -0.25) is 0 Å². The van der Waals surface area contributed by atoms with Crippen molar-refractivity contribution in [2.45, 2.75) is 26.2 Å². The van der Waals surface area contributed by atoms with Crippen molar-refractivity contribution in [3.05, 3.63) is 29.8 Å². The molecule has 1 aromatic rings. The van der Waals surface area contributed by atoms with Crippen LogP contribution in [0.3, 0.4) is 0 Å². The molecule has 0 saturated heterocycles. The fourth-order valence-electron chi connectivity index (χ4n) is 1.14. The maximum absolute atomic E-state index is 10.3. The van der Waals surface area contributed by atoms with Gasteiger partial charge in [-0.2, -0.15) is 0 Å². The molecule has 0 aliphatic heterocycles. The normalized spacial score (nSPS) is 12.6. The first-order valence-electron chi connectivity index (χ1n) is 4.51. The zero-order valence-electron chi connectivity index (χ0n) is 8.89. The molecule has 0 amide bonds. The summed E-state index contributed by atoms with van der Waals surface area (Å²) in [4.78, 5) is 20.7. The highest BCUT2D eigenvalue weighted by Crippen LogP contribution is 2.31. The van der Waals surface area contributed by atoms with E-state index < -0.39 is 7.82 Å². The molecule has 0 fully saturated rings. The lowest BCUT2D eigenvalue weighted by Gasteiger charge is -2.29. The highest BCUT2D eigenvalue weighted by Gasteiger charge is 2.12. The lowest BCUT2D eigenvalue weighted by Crippen LogP contribution is -2.18. The first-order valence-corrected chi connectivity index (χ1v) is 5.97. The second-order valence-corrected chi connectivity index (χ2v) is 5.39. The molecule has 0 spiro atoms. The Morgan fingerprint density at radius 1 is 1.13 bits per heavy atom. The van der Waals surface area contributed by atoms with E-state index in [0.717, 1.165) is 5.56 Å². The largest absolute Gasteiger partial charge is 0.780 e. The summed E-state index contributed by atoms with van der Waals surface area (Å²) in [5.41, 5.74) is 1.03. The Kier molecular flexibility index (Phi) is 3.24. The Morgan fingerprint density at radius 3 is 1.93 bits per heavy atom. The van der Waals surface area contributed by atoms with Crippen molar-refractivity contribution >= 4 is 7.82 Å². The molecule has 15 heavy (non-hydrogen) atoms. The molecule has 4 nitrogen and oxygen atoms in total. The van der Waals surface area contributed by atoms with Crippen molar-refractivity contribution in [2.24, 2.45) is 0 Å². The number of hydrogen-bond acceptors (Lipinski definition) is 4. The van der Waals surface area contributed by atoms with Crippen LogP contribution in [0.25, 0.3) is 0 Å². The minimum absolute atomic E-state index is 0.0167. The van der Waals surface area contributed by atoms with Crippen LogP contribution >= 0.6 is 7.82 Å². The lowest BCUT2D eigenvalue weighted by molar-refractivity contribution is -0.333.